The number of alkyl halides is 3. The average Bonchev–Trinajstić information content (AvgIpc) is 2.74. The van der Waals surface area contributed by atoms with Crippen LogP contribution in [0.15, 0.2) is 30.7 Å². The molecule has 5 nitrogen and oxygen atoms in total. The van der Waals surface area contributed by atoms with Gasteiger partial charge in [0.1, 0.15) is 0 Å². The van der Waals surface area contributed by atoms with Gasteiger partial charge in [-0.2, -0.15) is 13.2 Å². The number of imidazole rings is 1. The molecule has 0 fully saturated rings. The molecule has 0 radical (unpaired) electrons. The number of rotatable bonds is 2. The molecule has 2 rings (SSSR count). The van der Waals surface area contributed by atoms with E-state index in [-0.39, 0.29) is 5.69 Å². The molecule has 8 heteroatoms. The van der Waals surface area contributed by atoms with Gasteiger partial charge in [-0.25, -0.2) is 4.98 Å². The third-order valence-corrected chi connectivity index (χ3v) is 2.45. The Morgan fingerprint density at radius 1 is 1.32 bits per heavy atom. The molecule has 1 aromatic carbocycles. The number of hydrogen-bond donors (Lipinski definition) is 0. The van der Waals surface area contributed by atoms with E-state index in [2.05, 4.69) is 4.98 Å². The Labute approximate surface area is 105 Å². The van der Waals surface area contributed by atoms with Crippen molar-refractivity contribution in [1.29, 1.82) is 0 Å². The van der Waals surface area contributed by atoms with Crippen LogP contribution in [0.5, 0.6) is 0 Å². The number of hydrogen-bond acceptors (Lipinski definition) is 3. The number of benzene rings is 1. The summed E-state index contributed by atoms with van der Waals surface area (Å²) < 4.78 is 39.4. The number of nitrogens with zero attached hydrogens (tertiary/aromatic N) is 3. The summed E-state index contributed by atoms with van der Waals surface area (Å²) in [6.07, 6.45) is -1.86. The van der Waals surface area contributed by atoms with Crippen LogP contribution < -0.4 is 0 Å². The molecule has 19 heavy (non-hydrogen) atoms. The molecule has 0 N–H and O–H groups in total. The second kappa shape index (κ2) is 4.38. The highest BCUT2D eigenvalue weighted by molar-refractivity contribution is 5.48. The SMILES string of the molecule is Cc1cn(-c2cc([N+](=O)[O-])cc(C(F)(F)F)c2)cn1. The number of halogens is 3. The van der Waals surface area contributed by atoms with Crippen molar-refractivity contribution in [2.24, 2.45) is 0 Å². The van der Waals surface area contributed by atoms with Gasteiger partial charge in [-0.3, -0.25) is 10.1 Å². The van der Waals surface area contributed by atoms with Crippen LogP contribution >= 0.6 is 0 Å². The topological polar surface area (TPSA) is 61.0 Å². The summed E-state index contributed by atoms with van der Waals surface area (Å²) in [7, 11) is 0. The lowest BCUT2D eigenvalue weighted by Gasteiger charge is -2.09. The van der Waals surface area contributed by atoms with E-state index in [1.165, 1.54) is 17.1 Å². The highest BCUT2D eigenvalue weighted by Gasteiger charge is 2.33. The fourth-order valence-corrected chi connectivity index (χ4v) is 1.58. The van der Waals surface area contributed by atoms with Crippen molar-refractivity contribution in [3.8, 4) is 5.69 Å². The maximum Gasteiger partial charge on any atom is 0.416 e. The summed E-state index contributed by atoms with van der Waals surface area (Å²) in [5, 5.41) is 10.7. The molecule has 0 saturated carbocycles. The average molecular weight is 271 g/mol. The molecule has 0 unspecified atom stereocenters. The van der Waals surface area contributed by atoms with E-state index in [0.29, 0.717) is 11.8 Å². The quantitative estimate of drug-likeness (QED) is 0.622. The van der Waals surface area contributed by atoms with Gasteiger partial charge in [-0.05, 0) is 13.0 Å². The molecule has 2 aromatic rings. The fourth-order valence-electron chi connectivity index (χ4n) is 1.58. The third-order valence-electron chi connectivity index (χ3n) is 2.45. The van der Waals surface area contributed by atoms with Gasteiger partial charge in [0.2, 0.25) is 0 Å². The number of nitro benzene ring substituents is 1. The van der Waals surface area contributed by atoms with Crippen molar-refractivity contribution in [2.75, 3.05) is 0 Å². The lowest BCUT2D eigenvalue weighted by atomic mass is 10.1. The summed E-state index contributed by atoms with van der Waals surface area (Å²) in [4.78, 5) is 13.7. The van der Waals surface area contributed by atoms with Crippen molar-refractivity contribution in [2.45, 2.75) is 13.1 Å². The number of non-ortho nitro benzene ring substituents is 1. The Hall–Kier alpha value is -2.38. The molecule has 0 spiro atoms. The number of aryl methyl sites for hydroxylation is 1. The van der Waals surface area contributed by atoms with Gasteiger partial charge in [-0.1, -0.05) is 0 Å². The Balaban J connectivity index is 2.61. The van der Waals surface area contributed by atoms with Gasteiger partial charge < -0.3 is 4.57 Å². The van der Waals surface area contributed by atoms with Gasteiger partial charge in [0, 0.05) is 18.3 Å². The van der Waals surface area contributed by atoms with Crippen LogP contribution in [-0.4, -0.2) is 14.5 Å². The van der Waals surface area contributed by atoms with Crippen LogP contribution in [0.4, 0.5) is 18.9 Å². The van der Waals surface area contributed by atoms with E-state index < -0.39 is 22.4 Å². The minimum absolute atomic E-state index is 0.0436. The lowest BCUT2D eigenvalue weighted by Crippen LogP contribution is -2.07. The maximum atomic E-state index is 12.7. The molecular formula is C11H8F3N3O2. The highest BCUT2D eigenvalue weighted by Crippen LogP contribution is 2.33. The van der Waals surface area contributed by atoms with E-state index in [1.54, 1.807) is 6.92 Å². The van der Waals surface area contributed by atoms with Crippen LogP contribution in [0.25, 0.3) is 5.69 Å². The first-order valence-corrected chi connectivity index (χ1v) is 5.15. The van der Waals surface area contributed by atoms with E-state index in [1.807, 2.05) is 0 Å². The summed E-state index contributed by atoms with van der Waals surface area (Å²) in [6.45, 7) is 1.67. The van der Waals surface area contributed by atoms with Crippen molar-refractivity contribution in [3.05, 3.63) is 52.1 Å². The largest absolute Gasteiger partial charge is 0.416 e. The number of aromatic nitrogens is 2. The first-order chi connectivity index (χ1) is 8.77. The zero-order valence-electron chi connectivity index (χ0n) is 9.68. The first kappa shape index (κ1) is 13.1. The Morgan fingerprint density at radius 2 is 2.00 bits per heavy atom. The molecule has 0 amide bonds. The van der Waals surface area contributed by atoms with E-state index >= 15 is 0 Å². The highest BCUT2D eigenvalue weighted by atomic mass is 19.4. The number of nitro groups is 1. The summed E-state index contributed by atoms with van der Waals surface area (Å²) in [5.41, 5.74) is -1.04. The summed E-state index contributed by atoms with van der Waals surface area (Å²) >= 11 is 0. The van der Waals surface area contributed by atoms with Crippen LogP contribution in [0.2, 0.25) is 0 Å². The monoisotopic (exact) mass is 271 g/mol. The molecular weight excluding hydrogens is 263 g/mol. The van der Waals surface area contributed by atoms with Gasteiger partial charge in [-0.15, -0.1) is 0 Å². The Morgan fingerprint density at radius 3 is 2.47 bits per heavy atom. The Bertz CT molecular complexity index is 634. The van der Waals surface area contributed by atoms with Crippen molar-refractivity contribution >= 4 is 5.69 Å². The van der Waals surface area contributed by atoms with Gasteiger partial charge in [0.15, 0.2) is 0 Å². The fraction of sp³-hybridized carbons (Fsp3) is 0.182. The van der Waals surface area contributed by atoms with Gasteiger partial charge >= 0.3 is 6.18 Å². The molecule has 100 valence electrons. The first-order valence-electron chi connectivity index (χ1n) is 5.15. The van der Waals surface area contributed by atoms with E-state index in [4.69, 9.17) is 0 Å². The predicted molar refractivity (Wildman–Crippen MR) is 60.0 cm³/mol. The standard InChI is InChI=1S/C11H8F3N3O2/c1-7-5-16(6-15-7)9-2-8(11(12,13)14)3-10(4-9)17(18)19/h2-6H,1H3. The zero-order chi connectivity index (χ0) is 14.2. The molecule has 0 atom stereocenters. The molecule has 1 aromatic heterocycles. The van der Waals surface area contributed by atoms with Crippen LogP contribution in [0.3, 0.4) is 0 Å². The zero-order valence-corrected chi connectivity index (χ0v) is 9.68. The van der Waals surface area contributed by atoms with Crippen LogP contribution in [0.1, 0.15) is 11.3 Å². The second-order valence-corrected chi connectivity index (χ2v) is 3.92. The molecule has 0 aliphatic carbocycles. The van der Waals surface area contributed by atoms with Crippen molar-refractivity contribution in [1.82, 2.24) is 9.55 Å². The smallest absolute Gasteiger partial charge is 0.306 e. The maximum absolute atomic E-state index is 12.7. The second-order valence-electron chi connectivity index (χ2n) is 3.92. The molecule has 0 aliphatic rings. The van der Waals surface area contributed by atoms with E-state index in [0.717, 1.165) is 12.1 Å². The molecule has 0 saturated heterocycles. The minimum Gasteiger partial charge on any atom is -0.306 e. The van der Waals surface area contributed by atoms with Crippen molar-refractivity contribution < 1.29 is 18.1 Å². The normalized spacial score (nSPS) is 11.6. The van der Waals surface area contributed by atoms with E-state index in [9.17, 15) is 23.3 Å². The summed E-state index contributed by atoms with van der Waals surface area (Å²) in [5.74, 6) is 0. The summed E-state index contributed by atoms with van der Waals surface area (Å²) in [6, 6.07) is 2.41. The van der Waals surface area contributed by atoms with Gasteiger partial charge in [0.05, 0.1) is 28.2 Å². The predicted octanol–water partition coefficient (Wildman–Crippen LogP) is 3.11. The van der Waals surface area contributed by atoms with Crippen molar-refractivity contribution in [3.63, 3.8) is 0 Å². The molecule has 1 heterocycles. The van der Waals surface area contributed by atoms with Gasteiger partial charge in [0.25, 0.3) is 5.69 Å². The molecule has 0 bridgehead atoms. The molecule has 0 aliphatic heterocycles. The van der Waals surface area contributed by atoms with Crippen LogP contribution in [-0.2, 0) is 6.18 Å². The Kier molecular flexibility index (Phi) is 3.01. The minimum atomic E-state index is -4.64. The van der Waals surface area contributed by atoms with Crippen LogP contribution in [0, 0.1) is 17.0 Å². The lowest BCUT2D eigenvalue weighted by molar-refractivity contribution is -0.385. The third kappa shape index (κ3) is 2.72.